The maximum Gasteiger partial charge on any atom is 0.256 e. The summed E-state index contributed by atoms with van der Waals surface area (Å²) in [7, 11) is 1.57. The molecule has 1 aliphatic rings. The van der Waals surface area contributed by atoms with Crippen LogP contribution in [-0.4, -0.2) is 18.8 Å². The summed E-state index contributed by atoms with van der Waals surface area (Å²) in [5, 5.41) is 2.75. The van der Waals surface area contributed by atoms with Gasteiger partial charge in [-0.2, -0.15) is 0 Å². The fourth-order valence-corrected chi connectivity index (χ4v) is 2.63. The first-order valence-corrected chi connectivity index (χ1v) is 7.39. The molecule has 0 radical (unpaired) electrons. The Bertz CT molecular complexity index is 794. The van der Waals surface area contributed by atoms with Crippen LogP contribution in [0.3, 0.4) is 0 Å². The molecule has 4 nitrogen and oxygen atoms in total. The minimum Gasteiger partial charge on any atom is -0.497 e. The van der Waals surface area contributed by atoms with E-state index in [-0.39, 0.29) is 11.7 Å². The number of benzene rings is 2. The molecule has 0 aliphatic carbocycles. The Morgan fingerprint density at radius 3 is 2.59 bits per heavy atom. The lowest BCUT2D eigenvalue weighted by Crippen LogP contribution is -2.06. The number of methoxy groups -OCH3 is 1. The van der Waals surface area contributed by atoms with Crippen molar-refractivity contribution in [2.75, 3.05) is 12.4 Å². The van der Waals surface area contributed by atoms with E-state index in [4.69, 9.17) is 4.74 Å². The molecule has 0 aromatic heterocycles. The maximum absolute atomic E-state index is 12.3. The first-order valence-electron chi connectivity index (χ1n) is 6.60. The molecule has 1 heterocycles. The third-order valence-corrected chi connectivity index (χ3v) is 3.91. The van der Waals surface area contributed by atoms with Gasteiger partial charge in [-0.15, -0.1) is 0 Å². The first kappa shape index (κ1) is 14.5. The van der Waals surface area contributed by atoms with Crippen LogP contribution in [0, 0.1) is 0 Å². The number of amides is 1. The van der Waals surface area contributed by atoms with E-state index in [2.05, 4.69) is 21.2 Å². The molecule has 110 valence electrons. The number of allylic oxidation sites excluding steroid dienone is 1. The average molecular weight is 358 g/mol. The number of fused-ring (bicyclic) bond motifs is 1. The van der Waals surface area contributed by atoms with Crippen molar-refractivity contribution in [3.05, 3.63) is 64.1 Å². The molecule has 5 heteroatoms. The zero-order valence-corrected chi connectivity index (χ0v) is 13.3. The van der Waals surface area contributed by atoms with Gasteiger partial charge in [-0.05, 0) is 48.5 Å². The van der Waals surface area contributed by atoms with Gasteiger partial charge in [0.1, 0.15) is 5.75 Å². The van der Waals surface area contributed by atoms with Crippen LogP contribution in [0.5, 0.6) is 5.75 Å². The SMILES string of the molecule is COc1ccc(C(=O)/C=C2\C(=O)Nc3ccc(Br)cc32)cc1. The molecule has 1 amide bonds. The predicted molar refractivity (Wildman–Crippen MR) is 88.1 cm³/mol. The minimum absolute atomic E-state index is 0.222. The summed E-state index contributed by atoms with van der Waals surface area (Å²) < 4.78 is 5.92. The van der Waals surface area contributed by atoms with Crippen LogP contribution in [0.1, 0.15) is 15.9 Å². The number of nitrogens with one attached hydrogen (secondary N) is 1. The Morgan fingerprint density at radius 1 is 1.18 bits per heavy atom. The highest BCUT2D eigenvalue weighted by atomic mass is 79.9. The highest BCUT2D eigenvalue weighted by Crippen LogP contribution is 2.34. The van der Waals surface area contributed by atoms with Crippen LogP contribution in [0.4, 0.5) is 5.69 Å². The van der Waals surface area contributed by atoms with Crippen LogP contribution >= 0.6 is 15.9 Å². The molecule has 0 saturated heterocycles. The summed E-state index contributed by atoms with van der Waals surface area (Å²) >= 11 is 3.37. The van der Waals surface area contributed by atoms with E-state index in [0.29, 0.717) is 22.6 Å². The second kappa shape index (κ2) is 5.77. The third kappa shape index (κ3) is 2.67. The van der Waals surface area contributed by atoms with E-state index < -0.39 is 0 Å². The summed E-state index contributed by atoms with van der Waals surface area (Å²) in [6.45, 7) is 0. The highest BCUT2D eigenvalue weighted by Gasteiger charge is 2.25. The number of anilines is 1. The average Bonchev–Trinajstić information content (AvgIpc) is 2.83. The molecule has 0 atom stereocenters. The van der Waals surface area contributed by atoms with E-state index in [1.54, 1.807) is 37.4 Å². The van der Waals surface area contributed by atoms with E-state index >= 15 is 0 Å². The zero-order valence-electron chi connectivity index (χ0n) is 11.7. The summed E-state index contributed by atoms with van der Waals surface area (Å²) in [6.07, 6.45) is 1.37. The molecule has 1 N–H and O–H groups in total. The van der Waals surface area contributed by atoms with Crippen molar-refractivity contribution >= 4 is 38.9 Å². The number of rotatable bonds is 3. The topological polar surface area (TPSA) is 55.4 Å². The molecular weight excluding hydrogens is 346 g/mol. The van der Waals surface area contributed by atoms with Crippen molar-refractivity contribution < 1.29 is 14.3 Å². The van der Waals surface area contributed by atoms with Crippen LogP contribution in [-0.2, 0) is 4.79 Å². The fourth-order valence-electron chi connectivity index (χ4n) is 2.27. The van der Waals surface area contributed by atoms with Crippen LogP contribution in [0.25, 0.3) is 5.57 Å². The second-order valence-electron chi connectivity index (χ2n) is 4.79. The zero-order chi connectivity index (χ0) is 15.7. The van der Waals surface area contributed by atoms with Gasteiger partial charge < -0.3 is 10.1 Å². The highest BCUT2D eigenvalue weighted by molar-refractivity contribution is 9.10. The van der Waals surface area contributed by atoms with E-state index in [9.17, 15) is 9.59 Å². The number of hydrogen-bond donors (Lipinski definition) is 1. The van der Waals surface area contributed by atoms with Gasteiger partial charge in [-0.1, -0.05) is 15.9 Å². The molecular formula is C17H12BrNO3. The molecule has 0 saturated carbocycles. The summed E-state index contributed by atoms with van der Waals surface area (Å²) in [5.41, 5.74) is 2.31. The second-order valence-corrected chi connectivity index (χ2v) is 5.71. The van der Waals surface area contributed by atoms with Crippen molar-refractivity contribution in [3.63, 3.8) is 0 Å². The smallest absolute Gasteiger partial charge is 0.256 e. The van der Waals surface area contributed by atoms with Gasteiger partial charge in [-0.25, -0.2) is 0 Å². The van der Waals surface area contributed by atoms with Gasteiger partial charge >= 0.3 is 0 Å². The molecule has 0 unspecified atom stereocenters. The summed E-state index contributed by atoms with van der Waals surface area (Å²) in [6, 6.07) is 12.2. The van der Waals surface area contributed by atoms with Gasteiger partial charge in [0.2, 0.25) is 0 Å². The van der Waals surface area contributed by atoms with Gasteiger partial charge in [0.25, 0.3) is 5.91 Å². The quantitative estimate of drug-likeness (QED) is 0.673. The first-order chi connectivity index (χ1) is 10.6. The van der Waals surface area contributed by atoms with Crippen molar-refractivity contribution in [2.24, 2.45) is 0 Å². The Hall–Kier alpha value is -2.40. The predicted octanol–water partition coefficient (Wildman–Crippen LogP) is 3.68. The van der Waals surface area contributed by atoms with Gasteiger partial charge in [-0.3, -0.25) is 9.59 Å². The summed E-state index contributed by atoms with van der Waals surface area (Å²) in [4.78, 5) is 24.4. The molecule has 1 aliphatic heterocycles. The Labute approximate surface area is 135 Å². The number of halogens is 1. The largest absolute Gasteiger partial charge is 0.497 e. The maximum atomic E-state index is 12.3. The molecule has 2 aromatic carbocycles. The van der Waals surface area contributed by atoms with Crippen LogP contribution in [0.15, 0.2) is 53.0 Å². The standard InChI is InChI=1S/C17H12BrNO3/c1-22-12-5-2-10(3-6-12)16(20)9-14-13-8-11(18)4-7-15(13)19-17(14)21/h2-9H,1H3,(H,19,21)/b14-9-. The number of hydrogen-bond acceptors (Lipinski definition) is 3. The molecule has 3 rings (SSSR count). The number of carbonyl (C=O) groups is 2. The monoisotopic (exact) mass is 357 g/mol. The molecule has 0 spiro atoms. The van der Waals surface area contributed by atoms with Gasteiger partial charge in [0, 0.05) is 21.3 Å². The Kier molecular flexibility index (Phi) is 3.81. The number of carbonyl (C=O) groups excluding carboxylic acids is 2. The van der Waals surface area contributed by atoms with E-state index in [0.717, 1.165) is 10.0 Å². The lowest BCUT2D eigenvalue weighted by atomic mass is 10.0. The summed E-state index contributed by atoms with van der Waals surface area (Å²) in [5.74, 6) is 0.188. The fraction of sp³-hybridized carbons (Fsp3) is 0.0588. The van der Waals surface area contributed by atoms with Crippen molar-refractivity contribution in [1.29, 1.82) is 0 Å². The lowest BCUT2D eigenvalue weighted by molar-refractivity contribution is -0.110. The lowest BCUT2D eigenvalue weighted by Gasteiger charge is -2.01. The van der Waals surface area contributed by atoms with Crippen molar-refractivity contribution in [1.82, 2.24) is 0 Å². The van der Waals surface area contributed by atoms with Crippen LogP contribution in [0.2, 0.25) is 0 Å². The van der Waals surface area contributed by atoms with Crippen molar-refractivity contribution in [3.8, 4) is 5.75 Å². The van der Waals surface area contributed by atoms with Gasteiger partial charge in [0.15, 0.2) is 5.78 Å². The molecule has 0 fully saturated rings. The minimum atomic E-state index is -0.269. The molecule has 22 heavy (non-hydrogen) atoms. The molecule has 0 bridgehead atoms. The third-order valence-electron chi connectivity index (χ3n) is 3.41. The number of ether oxygens (including phenoxy) is 1. The normalized spacial score (nSPS) is 14.6. The Balaban J connectivity index is 1.96. The van der Waals surface area contributed by atoms with E-state index in [1.165, 1.54) is 6.08 Å². The van der Waals surface area contributed by atoms with E-state index in [1.807, 2.05) is 12.1 Å². The number of ketones is 1. The van der Waals surface area contributed by atoms with Crippen molar-refractivity contribution in [2.45, 2.75) is 0 Å². The Morgan fingerprint density at radius 2 is 1.91 bits per heavy atom. The molecule has 2 aromatic rings. The van der Waals surface area contributed by atoms with Crippen LogP contribution < -0.4 is 10.1 Å². The van der Waals surface area contributed by atoms with Gasteiger partial charge in [0.05, 0.1) is 12.7 Å².